The highest BCUT2D eigenvalue weighted by Gasteiger charge is 2.24. The van der Waals surface area contributed by atoms with E-state index >= 15 is 0 Å². The second-order valence-corrected chi connectivity index (χ2v) is 10.8. The van der Waals surface area contributed by atoms with Gasteiger partial charge in [-0.25, -0.2) is 13.1 Å². The summed E-state index contributed by atoms with van der Waals surface area (Å²) in [5.41, 5.74) is 3.72. The van der Waals surface area contributed by atoms with Crippen LogP contribution in [0.1, 0.15) is 69.2 Å². The predicted octanol–water partition coefficient (Wildman–Crippen LogP) is 5.40. The zero-order valence-corrected chi connectivity index (χ0v) is 20.4. The van der Waals surface area contributed by atoms with Crippen LogP contribution in [0.2, 0.25) is 0 Å². The molecule has 2 atom stereocenters. The van der Waals surface area contributed by atoms with Crippen LogP contribution in [0.5, 0.6) is 5.75 Å². The molecular formula is C25H36N2O3S. The van der Waals surface area contributed by atoms with Gasteiger partial charge in [-0.3, -0.25) is 0 Å². The van der Waals surface area contributed by atoms with Crippen molar-refractivity contribution >= 4 is 15.7 Å². The van der Waals surface area contributed by atoms with Crippen LogP contribution in [0.3, 0.4) is 0 Å². The lowest BCUT2D eigenvalue weighted by molar-refractivity contribution is 0.406. The van der Waals surface area contributed by atoms with E-state index in [0.29, 0.717) is 16.4 Å². The molecule has 0 bridgehead atoms. The molecule has 3 rings (SSSR count). The van der Waals surface area contributed by atoms with Gasteiger partial charge in [-0.05, 0) is 79.5 Å². The van der Waals surface area contributed by atoms with Gasteiger partial charge in [-0.2, -0.15) is 0 Å². The maximum atomic E-state index is 13.2. The minimum absolute atomic E-state index is 0.159. The van der Waals surface area contributed by atoms with Crippen molar-refractivity contribution in [1.82, 2.24) is 4.72 Å². The van der Waals surface area contributed by atoms with Crippen LogP contribution in [0.25, 0.3) is 0 Å². The molecule has 0 radical (unpaired) electrons. The summed E-state index contributed by atoms with van der Waals surface area (Å²) < 4.78 is 34.7. The standard InChI is InChI=1S/C25H36N2O3S/c1-17(2)23-15-25(19(4)14-24(23)30-6)31(28,29)26-20(5)21-9-11-22(12-10-21)27-13-7-8-18(3)16-27/h9-12,14-15,17-18,20,26H,7-8,13,16H2,1-6H3/t18-,20+/m1/s1. The first kappa shape index (κ1) is 23.6. The topological polar surface area (TPSA) is 58.6 Å². The molecule has 1 heterocycles. The first-order chi connectivity index (χ1) is 14.6. The summed E-state index contributed by atoms with van der Waals surface area (Å²) in [6, 6.07) is 11.5. The first-order valence-electron chi connectivity index (χ1n) is 11.2. The molecule has 0 aliphatic carbocycles. The summed E-state index contributed by atoms with van der Waals surface area (Å²) in [6.07, 6.45) is 2.51. The van der Waals surface area contributed by atoms with E-state index in [0.717, 1.165) is 30.0 Å². The summed E-state index contributed by atoms with van der Waals surface area (Å²) in [5.74, 6) is 1.59. The predicted molar refractivity (Wildman–Crippen MR) is 128 cm³/mol. The Bertz CT molecular complexity index is 1000. The number of nitrogens with zero attached hydrogens (tertiary/aromatic N) is 1. The number of anilines is 1. The minimum Gasteiger partial charge on any atom is -0.496 e. The van der Waals surface area contributed by atoms with E-state index in [1.54, 1.807) is 20.1 Å². The number of hydrogen-bond donors (Lipinski definition) is 1. The van der Waals surface area contributed by atoms with E-state index in [-0.39, 0.29) is 12.0 Å². The molecule has 0 unspecified atom stereocenters. The Kier molecular flexibility index (Phi) is 7.32. The maximum absolute atomic E-state index is 13.2. The zero-order valence-electron chi connectivity index (χ0n) is 19.6. The van der Waals surface area contributed by atoms with Crippen molar-refractivity contribution < 1.29 is 13.2 Å². The van der Waals surface area contributed by atoms with Crippen LogP contribution in [0.4, 0.5) is 5.69 Å². The lowest BCUT2D eigenvalue weighted by Gasteiger charge is -2.33. The van der Waals surface area contributed by atoms with E-state index in [2.05, 4.69) is 28.7 Å². The normalized spacial score (nSPS) is 18.3. The van der Waals surface area contributed by atoms with Crippen LogP contribution in [0.15, 0.2) is 41.3 Å². The van der Waals surface area contributed by atoms with Crippen LogP contribution in [-0.2, 0) is 10.0 Å². The van der Waals surface area contributed by atoms with Crippen molar-refractivity contribution in [3.8, 4) is 5.75 Å². The molecule has 1 N–H and O–H groups in total. The van der Waals surface area contributed by atoms with Gasteiger partial charge in [0.2, 0.25) is 10.0 Å². The molecule has 1 fully saturated rings. The fourth-order valence-corrected chi connectivity index (χ4v) is 5.85. The molecular weight excluding hydrogens is 408 g/mol. The van der Waals surface area contributed by atoms with E-state index in [1.165, 1.54) is 18.5 Å². The molecule has 6 heteroatoms. The Morgan fingerprint density at radius 3 is 2.39 bits per heavy atom. The Hall–Kier alpha value is -2.05. The van der Waals surface area contributed by atoms with Crippen molar-refractivity contribution in [2.75, 3.05) is 25.1 Å². The number of piperidine rings is 1. The van der Waals surface area contributed by atoms with Gasteiger partial charge in [-0.1, -0.05) is 32.9 Å². The minimum atomic E-state index is -3.67. The van der Waals surface area contributed by atoms with Gasteiger partial charge >= 0.3 is 0 Å². The number of rotatable bonds is 7. The van der Waals surface area contributed by atoms with Gasteiger partial charge in [0.25, 0.3) is 0 Å². The molecule has 0 saturated carbocycles. The summed E-state index contributed by atoms with van der Waals surface area (Å²) in [4.78, 5) is 2.73. The van der Waals surface area contributed by atoms with Gasteiger partial charge < -0.3 is 9.64 Å². The van der Waals surface area contributed by atoms with Crippen LogP contribution >= 0.6 is 0 Å². The molecule has 170 valence electrons. The molecule has 0 aromatic heterocycles. The quantitative estimate of drug-likeness (QED) is 0.621. The van der Waals surface area contributed by atoms with Gasteiger partial charge in [0, 0.05) is 24.8 Å². The molecule has 1 aliphatic heterocycles. The Labute approximate surface area is 187 Å². The Balaban J connectivity index is 1.79. The third-order valence-corrected chi connectivity index (χ3v) is 7.87. The van der Waals surface area contributed by atoms with Crippen molar-refractivity contribution in [2.24, 2.45) is 5.92 Å². The van der Waals surface area contributed by atoms with Crippen LogP contribution in [-0.4, -0.2) is 28.6 Å². The number of hydrogen-bond acceptors (Lipinski definition) is 4. The number of nitrogens with one attached hydrogen (secondary N) is 1. The summed E-state index contributed by atoms with van der Waals surface area (Å²) in [7, 11) is -2.06. The highest BCUT2D eigenvalue weighted by Crippen LogP contribution is 2.32. The SMILES string of the molecule is COc1cc(C)c(S(=O)(=O)N[C@@H](C)c2ccc(N3CCC[C@@H](C)C3)cc2)cc1C(C)C. The van der Waals surface area contributed by atoms with Crippen molar-refractivity contribution in [2.45, 2.75) is 64.3 Å². The highest BCUT2D eigenvalue weighted by atomic mass is 32.2. The summed E-state index contributed by atoms with van der Waals surface area (Å²) in [5, 5.41) is 0. The van der Waals surface area contributed by atoms with Gasteiger partial charge in [0.05, 0.1) is 12.0 Å². The number of sulfonamides is 1. The van der Waals surface area contributed by atoms with E-state index in [4.69, 9.17) is 4.74 Å². The monoisotopic (exact) mass is 444 g/mol. The summed E-state index contributed by atoms with van der Waals surface area (Å²) >= 11 is 0. The molecule has 2 aromatic carbocycles. The zero-order chi connectivity index (χ0) is 22.8. The van der Waals surface area contributed by atoms with Gasteiger partial charge in [-0.15, -0.1) is 0 Å². The van der Waals surface area contributed by atoms with E-state index in [1.807, 2.05) is 39.0 Å². The molecule has 2 aromatic rings. The van der Waals surface area contributed by atoms with E-state index in [9.17, 15) is 8.42 Å². The lowest BCUT2D eigenvalue weighted by Crippen LogP contribution is -2.34. The Morgan fingerprint density at radius 1 is 1.13 bits per heavy atom. The van der Waals surface area contributed by atoms with E-state index < -0.39 is 10.0 Å². The van der Waals surface area contributed by atoms with Crippen molar-refractivity contribution in [3.63, 3.8) is 0 Å². The number of benzene rings is 2. The first-order valence-corrected chi connectivity index (χ1v) is 12.7. The molecule has 0 amide bonds. The number of methoxy groups -OCH3 is 1. The van der Waals surface area contributed by atoms with Gasteiger partial charge in [0.15, 0.2) is 0 Å². The molecule has 0 spiro atoms. The van der Waals surface area contributed by atoms with Gasteiger partial charge in [0.1, 0.15) is 5.75 Å². The average Bonchev–Trinajstić information content (AvgIpc) is 2.72. The van der Waals surface area contributed by atoms with Crippen molar-refractivity contribution in [3.05, 3.63) is 53.1 Å². The average molecular weight is 445 g/mol. The highest BCUT2D eigenvalue weighted by molar-refractivity contribution is 7.89. The number of aryl methyl sites for hydroxylation is 1. The van der Waals surface area contributed by atoms with Crippen LogP contribution in [0, 0.1) is 12.8 Å². The summed E-state index contributed by atoms with van der Waals surface area (Å²) in [6.45, 7) is 12.2. The van der Waals surface area contributed by atoms with Crippen LogP contribution < -0.4 is 14.4 Å². The second kappa shape index (κ2) is 9.61. The largest absolute Gasteiger partial charge is 0.496 e. The smallest absolute Gasteiger partial charge is 0.241 e. The lowest BCUT2D eigenvalue weighted by atomic mass is 9.99. The fourth-order valence-electron chi connectivity index (χ4n) is 4.36. The molecule has 1 aliphatic rings. The second-order valence-electron chi connectivity index (χ2n) is 9.14. The fraction of sp³-hybridized carbons (Fsp3) is 0.520. The third kappa shape index (κ3) is 5.42. The molecule has 1 saturated heterocycles. The van der Waals surface area contributed by atoms with Crippen molar-refractivity contribution in [1.29, 1.82) is 0 Å². The Morgan fingerprint density at radius 2 is 1.81 bits per heavy atom. The molecule has 31 heavy (non-hydrogen) atoms. The molecule has 5 nitrogen and oxygen atoms in total. The maximum Gasteiger partial charge on any atom is 0.241 e. The third-order valence-electron chi connectivity index (χ3n) is 6.19. The number of ether oxygens (including phenoxy) is 1.